The van der Waals surface area contributed by atoms with Gasteiger partial charge in [0.1, 0.15) is 0 Å². The molecule has 23 heavy (non-hydrogen) atoms. The molecule has 2 saturated heterocycles. The Labute approximate surface area is 147 Å². The molecule has 1 atom stereocenters. The molecule has 2 aliphatic rings. The summed E-state index contributed by atoms with van der Waals surface area (Å²) >= 11 is 12.5. The monoisotopic (exact) mass is 356 g/mol. The Bertz CT molecular complexity index is 576. The zero-order chi connectivity index (χ0) is 16.4. The summed E-state index contributed by atoms with van der Waals surface area (Å²) in [4.78, 5) is 17.0. The fourth-order valence-corrected chi connectivity index (χ4v) is 4.20. The number of benzene rings is 1. The minimum Gasteiger partial charge on any atom is -0.383 e. The Hall–Kier alpha value is -0.810. The molecule has 1 unspecified atom stereocenters. The average Bonchev–Trinajstić information content (AvgIpc) is 3.08. The first kappa shape index (κ1) is 17.0. The molecule has 6 heteroatoms. The zero-order valence-corrected chi connectivity index (χ0v) is 14.9. The zero-order valence-electron chi connectivity index (χ0n) is 13.4. The van der Waals surface area contributed by atoms with Gasteiger partial charge < -0.3 is 9.64 Å². The maximum Gasteiger partial charge on any atom is 0.230 e. The summed E-state index contributed by atoms with van der Waals surface area (Å²) < 4.78 is 5.10. The van der Waals surface area contributed by atoms with Crippen LogP contribution in [0.3, 0.4) is 0 Å². The van der Waals surface area contributed by atoms with Crippen LogP contribution in [0.4, 0.5) is 0 Å². The molecular formula is C17H22Cl2N2O2. The van der Waals surface area contributed by atoms with E-state index in [1.165, 1.54) is 0 Å². The molecule has 2 heterocycles. The van der Waals surface area contributed by atoms with E-state index in [-0.39, 0.29) is 11.3 Å². The van der Waals surface area contributed by atoms with E-state index in [4.69, 9.17) is 27.9 Å². The van der Waals surface area contributed by atoms with Crippen LogP contribution in [0.2, 0.25) is 10.0 Å². The Kier molecular flexibility index (Phi) is 5.16. The first-order valence-corrected chi connectivity index (χ1v) is 8.75. The topological polar surface area (TPSA) is 32.8 Å². The SMILES string of the molecule is COCCN1CCC2(CCN(Cc3c(Cl)cccc3Cl)C2)C1=O. The highest BCUT2D eigenvalue weighted by atomic mass is 35.5. The Balaban J connectivity index is 1.66. The standard InChI is InChI=1S/C17H22Cl2N2O2/c1-23-10-9-21-8-6-17(16(21)22)5-7-20(12-17)11-13-14(18)3-2-4-15(13)19/h2-4H,5-12H2,1H3. The Morgan fingerprint density at radius 1 is 1.22 bits per heavy atom. The van der Waals surface area contributed by atoms with Crippen LogP contribution < -0.4 is 0 Å². The molecule has 2 aliphatic heterocycles. The van der Waals surface area contributed by atoms with Gasteiger partial charge in [0.15, 0.2) is 0 Å². The van der Waals surface area contributed by atoms with Gasteiger partial charge in [0.05, 0.1) is 12.0 Å². The maximum atomic E-state index is 12.8. The molecule has 126 valence electrons. The second-order valence-corrected chi connectivity index (χ2v) is 7.29. The van der Waals surface area contributed by atoms with Gasteiger partial charge in [-0.3, -0.25) is 9.69 Å². The summed E-state index contributed by atoms with van der Waals surface area (Å²) in [7, 11) is 1.67. The molecule has 1 spiro atoms. The summed E-state index contributed by atoms with van der Waals surface area (Å²) in [5.74, 6) is 0.280. The lowest BCUT2D eigenvalue weighted by molar-refractivity contribution is -0.136. The number of rotatable bonds is 5. The van der Waals surface area contributed by atoms with Crippen LogP contribution in [-0.4, -0.2) is 55.6 Å². The van der Waals surface area contributed by atoms with Gasteiger partial charge in [-0.05, 0) is 31.5 Å². The van der Waals surface area contributed by atoms with Crippen molar-refractivity contribution in [1.29, 1.82) is 0 Å². The van der Waals surface area contributed by atoms with E-state index in [0.29, 0.717) is 29.7 Å². The van der Waals surface area contributed by atoms with Crippen LogP contribution in [0.5, 0.6) is 0 Å². The number of hydrogen-bond acceptors (Lipinski definition) is 3. The van der Waals surface area contributed by atoms with E-state index in [0.717, 1.165) is 38.0 Å². The maximum absolute atomic E-state index is 12.8. The van der Waals surface area contributed by atoms with Crippen LogP contribution >= 0.6 is 23.2 Å². The van der Waals surface area contributed by atoms with Gasteiger partial charge >= 0.3 is 0 Å². The summed E-state index contributed by atoms with van der Waals surface area (Å²) in [6.45, 7) is 4.52. The normalized spacial score (nSPS) is 25.0. The van der Waals surface area contributed by atoms with Crippen molar-refractivity contribution in [2.45, 2.75) is 19.4 Å². The van der Waals surface area contributed by atoms with Crippen LogP contribution in [0.25, 0.3) is 0 Å². The minimum absolute atomic E-state index is 0.221. The molecule has 3 rings (SSSR count). The number of halogens is 2. The molecule has 0 saturated carbocycles. The molecule has 1 amide bonds. The Morgan fingerprint density at radius 2 is 1.91 bits per heavy atom. The second-order valence-electron chi connectivity index (χ2n) is 6.48. The molecule has 4 nitrogen and oxygen atoms in total. The highest BCUT2D eigenvalue weighted by molar-refractivity contribution is 6.35. The van der Waals surface area contributed by atoms with Crippen LogP contribution in [0, 0.1) is 5.41 Å². The molecule has 1 aromatic rings. The molecule has 0 aromatic heterocycles. The quantitative estimate of drug-likeness (QED) is 0.812. The van der Waals surface area contributed by atoms with Crippen LogP contribution in [0.15, 0.2) is 18.2 Å². The molecule has 1 aromatic carbocycles. The van der Waals surface area contributed by atoms with E-state index in [9.17, 15) is 4.79 Å². The van der Waals surface area contributed by atoms with Gasteiger partial charge in [-0.2, -0.15) is 0 Å². The number of amides is 1. The predicted octanol–water partition coefficient (Wildman–Crippen LogP) is 3.06. The van der Waals surface area contributed by atoms with Crippen molar-refractivity contribution in [3.8, 4) is 0 Å². The first-order chi connectivity index (χ1) is 11.1. The number of methoxy groups -OCH3 is 1. The third-order valence-electron chi connectivity index (χ3n) is 5.04. The molecule has 0 N–H and O–H groups in total. The summed E-state index contributed by atoms with van der Waals surface area (Å²) in [5.41, 5.74) is 0.733. The summed E-state index contributed by atoms with van der Waals surface area (Å²) in [6.07, 6.45) is 1.85. The van der Waals surface area contributed by atoms with Crippen molar-refractivity contribution in [3.63, 3.8) is 0 Å². The van der Waals surface area contributed by atoms with Crippen molar-refractivity contribution in [2.24, 2.45) is 5.41 Å². The third-order valence-corrected chi connectivity index (χ3v) is 5.75. The summed E-state index contributed by atoms with van der Waals surface area (Å²) in [6, 6.07) is 5.58. The lowest BCUT2D eigenvalue weighted by Gasteiger charge is -2.24. The van der Waals surface area contributed by atoms with Gasteiger partial charge in [-0.1, -0.05) is 29.3 Å². The van der Waals surface area contributed by atoms with Gasteiger partial charge in [0.2, 0.25) is 5.91 Å². The predicted molar refractivity (Wildman–Crippen MR) is 91.9 cm³/mol. The highest BCUT2D eigenvalue weighted by Crippen LogP contribution is 2.41. The largest absolute Gasteiger partial charge is 0.383 e. The fourth-order valence-electron chi connectivity index (χ4n) is 3.69. The minimum atomic E-state index is -0.221. The number of ether oxygens (including phenoxy) is 1. The molecule has 0 radical (unpaired) electrons. The molecular weight excluding hydrogens is 335 g/mol. The number of hydrogen-bond donors (Lipinski definition) is 0. The lowest BCUT2D eigenvalue weighted by atomic mass is 9.85. The van der Waals surface area contributed by atoms with Crippen molar-refractivity contribution in [2.75, 3.05) is 39.9 Å². The average molecular weight is 357 g/mol. The first-order valence-electron chi connectivity index (χ1n) is 7.99. The van der Waals surface area contributed by atoms with Gasteiger partial charge in [-0.15, -0.1) is 0 Å². The smallest absolute Gasteiger partial charge is 0.230 e. The highest BCUT2D eigenvalue weighted by Gasteiger charge is 2.50. The van der Waals surface area contributed by atoms with E-state index in [1.807, 2.05) is 23.1 Å². The van der Waals surface area contributed by atoms with E-state index in [1.54, 1.807) is 7.11 Å². The van der Waals surface area contributed by atoms with Crippen molar-refractivity contribution >= 4 is 29.1 Å². The van der Waals surface area contributed by atoms with Crippen molar-refractivity contribution in [3.05, 3.63) is 33.8 Å². The second kappa shape index (κ2) is 6.98. The van der Waals surface area contributed by atoms with Gasteiger partial charge in [-0.25, -0.2) is 0 Å². The summed E-state index contributed by atoms with van der Waals surface area (Å²) in [5, 5.41) is 1.39. The van der Waals surface area contributed by atoms with E-state index >= 15 is 0 Å². The molecule has 0 aliphatic carbocycles. The molecule has 2 fully saturated rings. The number of carbonyl (C=O) groups excluding carboxylic acids is 1. The number of likely N-dealkylation sites (tertiary alicyclic amines) is 2. The van der Waals surface area contributed by atoms with Crippen LogP contribution in [0.1, 0.15) is 18.4 Å². The van der Waals surface area contributed by atoms with E-state index in [2.05, 4.69) is 4.90 Å². The van der Waals surface area contributed by atoms with Crippen LogP contribution in [-0.2, 0) is 16.1 Å². The number of carbonyl (C=O) groups is 1. The van der Waals surface area contributed by atoms with Gasteiger partial charge in [0, 0.05) is 48.9 Å². The van der Waals surface area contributed by atoms with Crippen molar-refractivity contribution < 1.29 is 9.53 Å². The Morgan fingerprint density at radius 3 is 2.61 bits per heavy atom. The van der Waals surface area contributed by atoms with Crippen molar-refractivity contribution in [1.82, 2.24) is 9.80 Å². The lowest BCUT2D eigenvalue weighted by Crippen LogP contribution is -2.38. The number of nitrogens with zero attached hydrogens (tertiary/aromatic N) is 2. The third kappa shape index (κ3) is 3.36. The fraction of sp³-hybridized carbons (Fsp3) is 0.588. The van der Waals surface area contributed by atoms with Gasteiger partial charge in [0.25, 0.3) is 0 Å². The molecule has 0 bridgehead atoms. The van der Waals surface area contributed by atoms with E-state index < -0.39 is 0 Å².